The van der Waals surface area contributed by atoms with E-state index in [0.29, 0.717) is 17.9 Å². The van der Waals surface area contributed by atoms with Gasteiger partial charge in [-0.05, 0) is 41.8 Å². The zero-order valence-corrected chi connectivity index (χ0v) is 22.3. The molecular formula is C31H35N3O5. The maximum Gasteiger partial charge on any atom is 0.219 e. The van der Waals surface area contributed by atoms with Gasteiger partial charge in [-0.15, -0.1) is 0 Å². The maximum absolute atomic E-state index is 13.7. The molecule has 2 atom stereocenters. The standard InChI is InChI=1S/C31H35N3O5/c1-21(36)34(18-23-9-3-6-13-30(23)38-2)19-27(31(32)26-17-33-28-12-5-4-11-25(26)28)29(37)20-39-24-10-7-8-22(16-24)14-15-35/h3-13,16-17,27,31,33,35H,14-15,18-20,32H2,1-2H3. The number of benzene rings is 3. The van der Waals surface area contributed by atoms with Crippen molar-refractivity contribution in [1.29, 1.82) is 0 Å². The number of hydrogen-bond donors (Lipinski definition) is 3. The predicted molar refractivity (Wildman–Crippen MR) is 151 cm³/mol. The van der Waals surface area contributed by atoms with E-state index in [1.54, 1.807) is 18.1 Å². The SMILES string of the molecule is COc1ccccc1CN(CC(C(=O)COc1cccc(CCO)c1)C(N)c1c[nH]c2ccccc12)C(C)=O. The van der Waals surface area contributed by atoms with Gasteiger partial charge in [-0.3, -0.25) is 9.59 Å². The fourth-order valence-electron chi connectivity index (χ4n) is 4.76. The molecule has 1 heterocycles. The number of ketones is 1. The Kier molecular flexibility index (Phi) is 9.35. The summed E-state index contributed by atoms with van der Waals surface area (Å²) in [4.78, 5) is 31.3. The number of methoxy groups -OCH3 is 1. The highest BCUT2D eigenvalue weighted by atomic mass is 16.5. The Labute approximate surface area is 228 Å². The molecule has 39 heavy (non-hydrogen) atoms. The summed E-state index contributed by atoms with van der Waals surface area (Å²) in [5, 5.41) is 10.2. The van der Waals surface area contributed by atoms with Gasteiger partial charge in [-0.2, -0.15) is 0 Å². The van der Waals surface area contributed by atoms with Gasteiger partial charge in [0, 0.05) is 55.3 Å². The minimum atomic E-state index is -0.733. The summed E-state index contributed by atoms with van der Waals surface area (Å²) in [7, 11) is 1.59. The summed E-state index contributed by atoms with van der Waals surface area (Å²) in [6.07, 6.45) is 2.32. The van der Waals surface area contributed by atoms with E-state index in [9.17, 15) is 14.7 Å². The third-order valence-electron chi connectivity index (χ3n) is 6.92. The van der Waals surface area contributed by atoms with Gasteiger partial charge < -0.3 is 30.2 Å². The van der Waals surface area contributed by atoms with Gasteiger partial charge in [-0.25, -0.2) is 0 Å². The number of carbonyl (C=O) groups excluding carboxylic acids is 2. The van der Waals surface area contributed by atoms with Crippen molar-refractivity contribution in [3.63, 3.8) is 0 Å². The highest BCUT2D eigenvalue weighted by Crippen LogP contribution is 2.30. The fraction of sp³-hybridized carbons (Fsp3) is 0.290. The molecule has 0 spiro atoms. The first-order chi connectivity index (χ1) is 18.9. The average Bonchev–Trinajstić information content (AvgIpc) is 3.38. The van der Waals surface area contributed by atoms with E-state index in [1.807, 2.05) is 72.9 Å². The van der Waals surface area contributed by atoms with Gasteiger partial charge in [0.15, 0.2) is 5.78 Å². The molecule has 0 fully saturated rings. The van der Waals surface area contributed by atoms with Crippen LogP contribution in [-0.2, 0) is 22.6 Å². The lowest BCUT2D eigenvalue weighted by molar-refractivity contribution is -0.132. The second-order valence-electron chi connectivity index (χ2n) is 9.51. The number of amides is 1. The number of rotatable bonds is 13. The van der Waals surface area contributed by atoms with Gasteiger partial charge in [-0.1, -0.05) is 48.5 Å². The van der Waals surface area contributed by atoms with E-state index in [4.69, 9.17) is 15.2 Å². The predicted octanol–water partition coefficient (Wildman–Crippen LogP) is 4.02. The number of aliphatic hydroxyl groups is 1. The lowest BCUT2D eigenvalue weighted by Crippen LogP contribution is -2.42. The second kappa shape index (κ2) is 13.1. The zero-order chi connectivity index (χ0) is 27.8. The minimum Gasteiger partial charge on any atom is -0.496 e. The van der Waals surface area contributed by atoms with Crippen LogP contribution in [0.15, 0.2) is 79.0 Å². The number of aromatic nitrogens is 1. The van der Waals surface area contributed by atoms with Crippen molar-refractivity contribution in [2.75, 3.05) is 26.9 Å². The number of aromatic amines is 1. The molecule has 0 aliphatic rings. The van der Waals surface area contributed by atoms with Gasteiger partial charge in [0.25, 0.3) is 0 Å². The molecule has 3 aromatic carbocycles. The lowest BCUT2D eigenvalue weighted by Gasteiger charge is -2.30. The van der Waals surface area contributed by atoms with E-state index in [0.717, 1.165) is 27.6 Å². The first-order valence-corrected chi connectivity index (χ1v) is 13.0. The van der Waals surface area contributed by atoms with Crippen LogP contribution in [0.2, 0.25) is 0 Å². The highest BCUT2D eigenvalue weighted by molar-refractivity contribution is 5.87. The molecule has 8 heteroatoms. The molecule has 0 saturated heterocycles. The molecule has 1 amide bonds. The van der Waals surface area contributed by atoms with Crippen LogP contribution in [-0.4, -0.2) is 53.5 Å². The number of nitrogens with two attached hydrogens (primary N) is 1. The van der Waals surface area contributed by atoms with Gasteiger partial charge in [0.05, 0.1) is 13.0 Å². The molecule has 4 N–H and O–H groups in total. The van der Waals surface area contributed by atoms with Crippen LogP contribution in [0, 0.1) is 5.92 Å². The van der Waals surface area contributed by atoms with Gasteiger partial charge >= 0.3 is 0 Å². The zero-order valence-electron chi connectivity index (χ0n) is 22.3. The van der Waals surface area contributed by atoms with E-state index < -0.39 is 12.0 Å². The number of fused-ring (bicyclic) bond motifs is 1. The minimum absolute atomic E-state index is 0.0248. The lowest BCUT2D eigenvalue weighted by atomic mass is 9.89. The molecule has 0 aliphatic carbocycles. The Balaban J connectivity index is 1.61. The fourth-order valence-corrected chi connectivity index (χ4v) is 4.76. The number of nitrogens with one attached hydrogen (secondary N) is 1. The van der Waals surface area contributed by atoms with Crippen LogP contribution in [0.1, 0.15) is 29.7 Å². The molecule has 0 aliphatic heterocycles. The van der Waals surface area contributed by atoms with Crippen LogP contribution in [0.5, 0.6) is 11.5 Å². The molecule has 4 aromatic rings. The Hall–Kier alpha value is -4.14. The highest BCUT2D eigenvalue weighted by Gasteiger charge is 2.32. The van der Waals surface area contributed by atoms with Crippen LogP contribution in [0.3, 0.4) is 0 Å². The van der Waals surface area contributed by atoms with Crippen molar-refractivity contribution in [3.05, 3.63) is 95.7 Å². The molecule has 2 unspecified atom stereocenters. The van der Waals surface area contributed by atoms with E-state index in [-0.39, 0.29) is 38.0 Å². The summed E-state index contributed by atoms with van der Waals surface area (Å²) in [6, 6.07) is 21.9. The third kappa shape index (κ3) is 6.85. The Bertz CT molecular complexity index is 1420. The average molecular weight is 530 g/mol. The summed E-state index contributed by atoms with van der Waals surface area (Å²) in [6.45, 7) is 1.69. The Morgan fingerprint density at radius 3 is 2.59 bits per heavy atom. The van der Waals surface area contributed by atoms with Crippen LogP contribution in [0.4, 0.5) is 0 Å². The molecule has 0 saturated carbocycles. The van der Waals surface area contributed by atoms with Crippen molar-refractivity contribution < 1.29 is 24.2 Å². The maximum atomic E-state index is 13.7. The quantitative estimate of drug-likeness (QED) is 0.241. The van der Waals surface area contributed by atoms with Crippen molar-refractivity contribution >= 4 is 22.6 Å². The summed E-state index contributed by atoms with van der Waals surface area (Å²) >= 11 is 0. The van der Waals surface area contributed by atoms with Crippen molar-refractivity contribution in [2.24, 2.45) is 11.7 Å². The molecule has 0 bridgehead atoms. The van der Waals surface area contributed by atoms with E-state index >= 15 is 0 Å². The number of para-hydroxylation sites is 2. The molecule has 1 aromatic heterocycles. The van der Waals surface area contributed by atoms with Crippen molar-refractivity contribution in [1.82, 2.24) is 9.88 Å². The van der Waals surface area contributed by atoms with E-state index in [1.165, 1.54) is 6.92 Å². The van der Waals surface area contributed by atoms with Crippen molar-refractivity contribution in [2.45, 2.75) is 25.9 Å². The molecule has 8 nitrogen and oxygen atoms in total. The number of aliphatic hydroxyl groups excluding tert-OH is 1. The van der Waals surface area contributed by atoms with Gasteiger partial charge in [0.2, 0.25) is 5.91 Å². The number of ether oxygens (including phenoxy) is 2. The number of nitrogens with zero attached hydrogens (tertiary/aromatic N) is 1. The topological polar surface area (TPSA) is 118 Å². The number of carbonyl (C=O) groups is 2. The van der Waals surface area contributed by atoms with E-state index in [2.05, 4.69) is 4.98 Å². The van der Waals surface area contributed by atoms with Gasteiger partial charge in [0.1, 0.15) is 18.1 Å². The Morgan fingerprint density at radius 1 is 1.05 bits per heavy atom. The number of H-pyrrole nitrogens is 1. The molecule has 0 radical (unpaired) electrons. The van der Waals surface area contributed by atoms with Crippen molar-refractivity contribution in [3.8, 4) is 11.5 Å². The number of hydrogen-bond acceptors (Lipinski definition) is 6. The summed E-state index contributed by atoms with van der Waals surface area (Å²) in [5.74, 6) is 0.0716. The third-order valence-corrected chi connectivity index (χ3v) is 6.92. The smallest absolute Gasteiger partial charge is 0.219 e. The Morgan fingerprint density at radius 2 is 1.82 bits per heavy atom. The van der Waals surface area contributed by atoms with Crippen LogP contribution >= 0.6 is 0 Å². The summed E-state index contributed by atoms with van der Waals surface area (Å²) < 4.78 is 11.3. The molecule has 204 valence electrons. The monoisotopic (exact) mass is 529 g/mol. The molecule has 4 rings (SSSR count). The first-order valence-electron chi connectivity index (χ1n) is 13.0. The first kappa shape index (κ1) is 27.9. The second-order valence-corrected chi connectivity index (χ2v) is 9.51. The molecular weight excluding hydrogens is 494 g/mol. The largest absolute Gasteiger partial charge is 0.496 e. The normalized spacial score (nSPS) is 12.6. The number of Topliss-reactive ketones (excluding diaryl/α,β-unsaturated/α-hetero) is 1. The van der Waals surface area contributed by atoms with Crippen LogP contribution < -0.4 is 15.2 Å². The van der Waals surface area contributed by atoms with Crippen LogP contribution in [0.25, 0.3) is 10.9 Å². The summed E-state index contributed by atoms with van der Waals surface area (Å²) in [5.41, 5.74) is 10.3.